The molecule has 25 heavy (non-hydrogen) atoms. The number of amides is 2. The number of hydrogen-bond acceptors (Lipinski definition) is 4. The van der Waals surface area contributed by atoms with Crippen molar-refractivity contribution in [1.29, 1.82) is 0 Å². The molecule has 0 bridgehead atoms. The highest BCUT2D eigenvalue weighted by molar-refractivity contribution is 5.98. The summed E-state index contributed by atoms with van der Waals surface area (Å²) in [7, 11) is 0. The van der Waals surface area contributed by atoms with Crippen LogP contribution in [0, 0.1) is 5.92 Å². The molecule has 0 radical (unpaired) electrons. The highest BCUT2D eigenvalue weighted by Crippen LogP contribution is 2.19. The first-order valence-corrected chi connectivity index (χ1v) is 7.98. The Morgan fingerprint density at radius 2 is 1.96 bits per heavy atom. The van der Waals surface area contributed by atoms with Gasteiger partial charge < -0.3 is 10.6 Å². The number of carbonyl (C=O) groups is 2. The van der Waals surface area contributed by atoms with Gasteiger partial charge >= 0.3 is 0 Å². The minimum atomic E-state index is -0.324. The van der Waals surface area contributed by atoms with E-state index in [9.17, 15) is 9.59 Å². The molecular formula is C18H19N5O2. The third-order valence-corrected chi connectivity index (χ3v) is 3.81. The van der Waals surface area contributed by atoms with Gasteiger partial charge in [-0.25, -0.2) is 4.98 Å². The normalized spacial score (nSPS) is 11.9. The Bertz CT molecular complexity index is 918. The van der Waals surface area contributed by atoms with Crippen LogP contribution < -0.4 is 10.6 Å². The van der Waals surface area contributed by atoms with Crippen LogP contribution in [-0.2, 0) is 16.1 Å². The number of hydrogen-bond donors (Lipinski definition) is 2. The lowest BCUT2D eigenvalue weighted by atomic mass is 10.1. The van der Waals surface area contributed by atoms with Crippen molar-refractivity contribution >= 4 is 34.2 Å². The van der Waals surface area contributed by atoms with E-state index in [0.29, 0.717) is 18.1 Å². The van der Waals surface area contributed by atoms with Crippen molar-refractivity contribution < 1.29 is 9.59 Å². The predicted octanol–water partition coefficient (Wildman–Crippen LogP) is 2.66. The van der Waals surface area contributed by atoms with Crippen LogP contribution in [0.1, 0.15) is 13.8 Å². The van der Waals surface area contributed by atoms with Crippen LogP contribution in [0.5, 0.6) is 0 Å². The topological polar surface area (TPSA) is 88.9 Å². The number of benzene rings is 1. The van der Waals surface area contributed by atoms with Gasteiger partial charge in [0.1, 0.15) is 0 Å². The molecule has 3 rings (SSSR count). The van der Waals surface area contributed by atoms with Gasteiger partial charge in [-0.1, -0.05) is 25.1 Å². The second-order valence-electron chi connectivity index (χ2n) is 5.86. The molecule has 0 fully saturated rings. The molecule has 0 aliphatic heterocycles. The molecule has 1 atom stereocenters. The van der Waals surface area contributed by atoms with Crippen molar-refractivity contribution in [3.8, 4) is 0 Å². The third kappa shape index (κ3) is 3.82. The summed E-state index contributed by atoms with van der Waals surface area (Å²) in [6, 6.07) is 11.2. The molecule has 0 aliphatic rings. The molecule has 1 unspecified atom stereocenters. The Morgan fingerprint density at radius 1 is 1.16 bits per heavy atom. The highest BCUT2D eigenvalue weighted by Gasteiger charge is 2.17. The SMILES string of the molecule is CC(=O)Nc1cccnc1NC(=O)C(C)Cn1ncc2ccccc21. The van der Waals surface area contributed by atoms with Crippen molar-refractivity contribution in [2.75, 3.05) is 10.6 Å². The summed E-state index contributed by atoms with van der Waals surface area (Å²) >= 11 is 0. The number of aromatic nitrogens is 3. The largest absolute Gasteiger partial charge is 0.323 e. The summed E-state index contributed by atoms with van der Waals surface area (Å²) in [5.74, 6) is -0.403. The van der Waals surface area contributed by atoms with E-state index in [2.05, 4.69) is 20.7 Å². The number of carbonyl (C=O) groups excluding carboxylic acids is 2. The lowest BCUT2D eigenvalue weighted by molar-refractivity contribution is -0.120. The van der Waals surface area contributed by atoms with E-state index in [1.165, 1.54) is 6.92 Å². The smallest absolute Gasteiger partial charge is 0.230 e. The third-order valence-electron chi connectivity index (χ3n) is 3.81. The lowest BCUT2D eigenvalue weighted by Gasteiger charge is -2.14. The number of pyridine rings is 1. The van der Waals surface area contributed by atoms with Crippen LogP contribution in [-0.4, -0.2) is 26.6 Å². The van der Waals surface area contributed by atoms with Crippen molar-refractivity contribution in [3.05, 3.63) is 48.8 Å². The van der Waals surface area contributed by atoms with Gasteiger partial charge in [0.25, 0.3) is 0 Å². The number of fused-ring (bicyclic) bond motifs is 1. The molecule has 3 aromatic rings. The summed E-state index contributed by atoms with van der Waals surface area (Å²) in [4.78, 5) is 27.9. The first-order valence-electron chi connectivity index (χ1n) is 7.98. The molecule has 2 heterocycles. The average molecular weight is 337 g/mol. The number of nitrogens with zero attached hydrogens (tertiary/aromatic N) is 3. The quantitative estimate of drug-likeness (QED) is 0.749. The molecule has 1 aromatic carbocycles. The molecule has 7 nitrogen and oxygen atoms in total. The van der Waals surface area contributed by atoms with Crippen LogP contribution in [0.4, 0.5) is 11.5 Å². The Balaban J connectivity index is 1.72. The number of para-hydroxylation sites is 1. The van der Waals surface area contributed by atoms with Gasteiger partial charge in [-0.3, -0.25) is 14.3 Å². The fraction of sp³-hybridized carbons (Fsp3) is 0.222. The molecule has 2 N–H and O–H groups in total. The Hall–Kier alpha value is -3.22. The zero-order chi connectivity index (χ0) is 17.8. The first-order chi connectivity index (χ1) is 12.0. The van der Waals surface area contributed by atoms with Gasteiger partial charge in [0.05, 0.1) is 29.9 Å². The summed E-state index contributed by atoms with van der Waals surface area (Å²) in [5.41, 5.74) is 1.46. The molecular weight excluding hydrogens is 318 g/mol. The Morgan fingerprint density at radius 3 is 2.76 bits per heavy atom. The maximum Gasteiger partial charge on any atom is 0.230 e. The Kier molecular flexibility index (Phi) is 4.74. The molecule has 2 aromatic heterocycles. The standard InChI is InChI=1S/C18H19N5O2/c1-12(11-23-16-8-4-3-6-14(16)10-20-23)18(25)22-17-15(21-13(2)24)7-5-9-19-17/h3-10,12H,11H2,1-2H3,(H,21,24)(H,19,22,25). The first kappa shape index (κ1) is 16.6. The molecule has 0 spiro atoms. The average Bonchev–Trinajstić information content (AvgIpc) is 2.99. The van der Waals surface area contributed by atoms with Gasteiger partial charge in [-0.2, -0.15) is 5.10 Å². The zero-order valence-electron chi connectivity index (χ0n) is 14.1. The number of nitrogens with one attached hydrogen (secondary N) is 2. The number of anilines is 2. The zero-order valence-corrected chi connectivity index (χ0v) is 14.1. The van der Waals surface area contributed by atoms with Crippen LogP contribution in [0.25, 0.3) is 10.9 Å². The molecule has 0 saturated heterocycles. The summed E-state index contributed by atoms with van der Waals surface area (Å²) in [5, 5.41) is 10.8. The van der Waals surface area contributed by atoms with Crippen molar-refractivity contribution in [1.82, 2.24) is 14.8 Å². The minimum absolute atomic E-state index is 0.190. The van der Waals surface area contributed by atoms with E-state index in [4.69, 9.17) is 0 Å². The highest BCUT2D eigenvalue weighted by atomic mass is 16.2. The van der Waals surface area contributed by atoms with Crippen molar-refractivity contribution in [3.63, 3.8) is 0 Å². The van der Waals surface area contributed by atoms with Crippen LogP contribution >= 0.6 is 0 Å². The molecule has 128 valence electrons. The second kappa shape index (κ2) is 7.12. The maximum absolute atomic E-state index is 12.5. The van der Waals surface area contributed by atoms with Crippen LogP contribution in [0.2, 0.25) is 0 Å². The fourth-order valence-corrected chi connectivity index (χ4v) is 2.55. The van der Waals surface area contributed by atoms with E-state index in [0.717, 1.165) is 10.9 Å². The van der Waals surface area contributed by atoms with Gasteiger partial charge in [-0.15, -0.1) is 0 Å². The lowest BCUT2D eigenvalue weighted by Crippen LogP contribution is -2.26. The summed E-state index contributed by atoms with van der Waals surface area (Å²) in [6.07, 6.45) is 3.35. The molecule has 7 heteroatoms. The van der Waals surface area contributed by atoms with Crippen molar-refractivity contribution in [2.24, 2.45) is 5.92 Å². The Labute approximate surface area is 145 Å². The van der Waals surface area contributed by atoms with Gasteiger partial charge in [0.15, 0.2) is 5.82 Å². The maximum atomic E-state index is 12.5. The van der Waals surface area contributed by atoms with Crippen LogP contribution in [0.15, 0.2) is 48.8 Å². The van der Waals surface area contributed by atoms with Gasteiger partial charge in [0.2, 0.25) is 11.8 Å². The van der Waals surface area contributed by atoms with Crippen molar-refractivity contribution in [2.45, 2.75) is 20.4 Å². The predicted molar refractivity (Wildman–Crippen MR) is 96.1 cm³/mol. The van der Waals surface area contributed by atoms with Gasteiger partial charge in [0, 0.05) is 18.5 Å². The second-order valence-corrected chi connectivity index (χ2v) is 5.86. The molecule has 0 aliphatic carbocycles. The monoisotopic (exact) mass is 337 g/mol. The van der Waals surface area contributed by atoms with E-state index < -0.39 is 0 Å². The van der Waals surface area contributed by atoms with E-state index >= 15 is 0 Å². The van der Waals surface area contributed by atoms with E-state index in [1.807, 2.05) is 35.9 Å². The van der Waals surface area contributed by atoms with E-state index in [-0.39, 0.29) is 17.7 Å². The van der Waals surface area contributed by atoms with Crippen LogP contribution in [0.3, 0.4) is 0 Å². The minimum Gasteiger partial charge on any atom is -0.323 e. The molecule has 2 amide bonds. The number of rotatable bonds is 5. The summed E-state index contributed by atoms with van der Waals surface area (Å²) < 4.78 is 1.81. The fourth-order valence-electron chi connectivity index (χ4n) is 2.55. The van der Waals surface area contributed by atoms with E-state index in [1.54, 1.807) is 24.5 Å². The molecule has 0 saturated carbocycles. The summed E-state index contributed by atoms with van der Waals surface area (Å²) in [6.45, 7) is 3.68. The van der Waals surface area contributed by atoms with Gasteiger partial charge in [-0.05, 0) is 18.2 Å².